The molecule has 10 nitrogen and oxygen atoms in total. The zero-order valence-electron chi connectivity index (χ0n) is 25.0. The molecule has 1 heterocycles. The van der Waals surface area contributed by atoms with Gasteiger partial charge in [-0.3, -0.25) is 4.98 Å². The SMILES string of the molecule is Cc1cccc(CO[C@H]2CCC[C@@H](OCCN(Cc3cccnc3)C(=O)Nc3ccc(F)cc3)C2)c1C(=O)O.O=C(O)C(F)(F)F. The zero-order valence-corrected chi connectivity index (χ0v) is 25.0. The van der Waals surface area contributed by atoms with Gasteiger partial charge in [-0.25, -0.2) is 18.8 Å². The normalized spacial score (nSPS) is 16.1. The maximum atomic E-state index is 13.3. The van der Waals surface area contributed by atoms with Crippen LogP contribution < -0.4 is 5.32 Å². The van der Waals surface area contributed by atoms with E-state index < -0.39 is 18.1 Å². The molecule has 14 heteroatoms. The fourth-order valence-corrected chi connectivity index (χ4v) is 4.80. The van der Waals surface area contributed by atoms with Crippen LogP contribution in [0.15, 0.2) is 67.0 Å². The number of carbonyl (C=O) groups is 3. The van der Waals surface area contributed by atoms with Crippen LogP contribution in [0.5, 0.6) is 0 Å². The molecule has 1 aliphatic carbocycles. The lowest BCUT2D eigenvalue weighted by atomic mass is 9.94. The molecule has 0 aliphatic heterocycles. The summed E-state index contributed by atoms with van der Waals surface area (Å²) in [7, 11) is 0. The van der Waals surface area contributed by atoms with Crippen LogP contribution in [0, 0.1) is 12.7 Å². The van der Waals surface area contributed by atoms with Gasteiger partial charge >= 0.3 is 24.1 Å². The van der Waals surface area contributed by atoms with Gasteiger partial charge in [-0.2, -0.15) is 13.2 Å². The van der Waals surface area contributed by atoms with Crippen molar-refractivity contribution >= 4 is 23.7 Å². The molecule has 4 rings (SSSR count). The minimum Gasteiger partial charge on any atom is -0.478 e. The van der Waals surface area contributed by atoms with Crippen molar-refractivity contribution in [3.8, 4) is 0 Å². The number of amides is 2. The molecule has 3 aromatic rings. The standard InChI is InChI=1S/C30H34FN3O5.C2HF3O2/c1-21-5-2-7-23(28(21)29(35)36)20-39-27-9-3-8-26(17-27)38-16-15-34(19-22-6-4-14-32-18-22)30(37)33-25-12-10-24(31)11-13-25;3-2(4,5)1(6)7/h2,4-7,10-14,18,26-27H,3,8-9,15-17,19-20H2,1H3,(H,33,37)(H,35,36);(H,6,7)/t26-,27+;/m1./s1. The average molecular weight is 650 g/mol. The number of aryl methyl sites for hydroxylation is 1. The van der Waals surface area contributed by atoms with Gasteiger partial charge in [0.05, 0.1) is 31.0 Å². The third-order valence-corrected chi connectivity index (χ3v) is 7.06. The van der Waals surface area contributed by atoms with E-state index in [1.165, 1.54) is 24.3 Å². The average Bonchev–Trinajstić information content (AvgIpc) is 3.01. The second kappa shape index (κ2) is 17.2. The van der Waals surface area contributed by atoms with Crippen LogP contribution in [0.25, 0.3) is 0 Å². The number of alkyl halides is 3. The van der Waals surface area contributed by atoms with E-state index in [0.29, 0.717) is 48.5 Å². The quantitative estimate of drug-likeness (QED) is 0.202. The number of aromatic nitrogens is 1. The summed E-state index contributed by atoms with van der Waals surface area (Å²) in [5, 5.41) is 19.5. The lowest BCUT2D eigenvalue weighted by molar-refractivity contribution is -0.192. The highest BCUT2D eigenvalue weighted by Crippen LogP contribution is 2.26. The first-order valence-corrected chi connectivity index (χ1v) is 14.4. The number of aromatic carboxylic acids is 1. The summed E-state index contributed by atoms with van der Waals surface area (Å²) in [5.41, 5.74) is 3.07. The molecule has 0 spiro atoms. The molecular formula is C32H35F4N3O7. The first-order valence-electron chi connectivity index (χ1n) is 14.4. The van der Waals surface area contributed by atoms with Gasteiger partial charge in [0.1, 0.15) is 5.82 Å². The molecule has 0 saturated heterocycles. The number of nitrogens with one attached hydrogen (secondary N) is 1. The van der Waals surface area contributed by atoms with Crippen molar-refractivity contribution in [1.29, 1.82) is 0 Å². The molecule has 2 amide bonds. The lowest BCUT2D eigenvalue weighted by Crippen LogP contribution is -2.38. The van der Waals surface area contributed by atoms with Gasteiger partial charge < -0.3 is 29.9 Å². The highest BCUT2D eigenvalue weighted by atomic mass is 19.4. The number of carboxylic acid groups (broad SMARTS) is 2. The number of benzene rings is 2. The third-order valence-electron chi connectivity index (χ3n) is 7.06. The minimum atomic E-state index is -5.08. The van der Waals surface area contributed by atoms with Crippen LogP contribution in [-0.4, -0.2) is 69.6 Å². The smallest absolute Gasteiger partial charge is 0.478 e. The summed E-state index contributed by atoms with van der Waals surface area (Å²) >= 11 is 0. The Labute approximate surface area is 263 Å². The van der Waals surface area contributed by atoms with Crippen LogP contribution in [0.4, 0.5) is 28.0 Å². The van der Waals surface area contributed by atoms with E-state index in [0.717, 1.165) is 24.8 Å². The topological polar surface area (TPSA) is 138 Å². The number of pyridine rings is 1. The summed E-state index contributed by atoms with van der Waals surface area (Å²) in [6.07, 6.45) is 1.71. The van der Waals surface area contributed by atoms with E-state index in [1.54, 1.807) is 36.4 Å². The maximum absolute atomic E-state index is 13.3. The Balaban J connectivity index is 0.000000738. The monoisotopic (exact) mass is 649 g/mol. The largest absolute Gasteiger partial charge is 0.490 e. The molecule has 2 aromatic carbocycles. The van der Waals surface area contributed by atoms with Gasteiger partial charge in [-0.05, 0) is 79.6 Å². The maximum Gasteiger partial charge on any atom is 0.490 e. The number of carbonyl (C=O) groups excluding carboxylic acids is 1. The van der Waals surface area contributed by atoms with Gasteiger partial charge in [0.2, 0.25) is 0 Å². The number of nitrogens with zero attached hydrogens (tertiary/aromatic N) is 2. The van der Waals surface area contributed by atoms with Crippen molar-refractivity contribution < 1.29 is 51.6 Å². The third kappa shape index (κ3) is 11.7. The van der Waals surface area contributed by atoms with E-state index in [9.17, 15) is 32.3 Å². The number of urea groups is 1. The second-order valence-corrected chi connectivity index (χ2v) is 10.5. The zero-order chi connectivity index (χ0) is 33.7. The van der Waals surface area contributed by atoms with Crippen LogP contribution >= 0.6 is 0 Å². The first kappa shape index (κ1) is 35.9. The Kier molecular flexibility index (Phi) is 13.4. The van der Waals surface area contributed by atoms with Gasteiger partial charge in [-0.15, -0.1) is 0 Å². The molecule has 1 aliphatic rings. The van der Waals surface area contributed by atoms with E-state index >= 15 is 0 Å². The number of rotatable bonds is 11. The molecule has 2 atom stereocenters. The van der Waals surface area contributed by atoms with Crippen molar-refractivity contribution in [3.05, 3.63) is 95.1 Å². The lowest BCUT2D eigenvalue weighted by Gasteiger charge is -2.30. The predicted octanol–water partition coefficient (Wildman–Crippen LogP) is 6.44. The number of hydrogen-bond donors (Lipinski definition) is 3. The summed E-state index contributed by atoms with van der Waals surface area (Å²) < 4.78 is 57.3. The van der Waals surface area contributed by atoms with E-state index in [4.69, 9.17) is 19.4 Å². The number of hydrogen-bond acceptors (Lipinski definition) is 6. The van der Waals surface area contributed by atoms with Gasteiger partial charge in [-0.1, -0.05) is 24.3 Å². The molecule has 1 fully saturated rings. The Bertz CT molecular complexity index is 1440. The Hall–Kier alpha value is -4.56. The van der Waals surface area contributed by atoms with Crippen molar-refractivity contribution in [2.75, 3.05) is 18.5 Å². The summed E-state index contributed by atoms with van der Waals surface area (Å²) in [5.74, 6) is -4.08. The summed E-state index contributed by atoms with van der Waals surface area (Å²) in [6.45, 7) is 3.08. The number of carboxylic acids is 2. The van der Waals surface area contributed by atoms with Crippen LogP contribution in [-0.2, 0) is 27.4 Å². The Morgan fingerprint density at radius 1 is 1.00 bits per heavy atom. The number of aliphatic carboxylic acids is 1. The van der Waals surface area contributed by atoms with Crippen molar-refractivity contribution in [2.45, 2.75) is 64.1 Å². The highest BCUT2D eigenvalue weighted by molar-refractivity contribution is 5.91. The summed E-state index contributed by atoms with van der Waals surface area (Å²) in [6, 6.07) is 14.5. The van der Waals surface area contributed by atoms with E-state index in [1.807, 2.05) is 18.2 Å². The van der Waals surface area contributed by atoms with Crippen LogP contribution in [0.1, 0.15) is 52.7 Å². The number of ether oxygens (including phenoxy) is 2. The fraction of sp³-hybridized carbons (Fsp3) is 0.375. The Morgan fingerprint density at radius 3 is 2.28 bits per heavy atom. The number of halogens is 4. The fourth-order valence-electron chi connectivity index (χ4n) is 4.80. The molecule has 1 saturated carbocycles. The van der Waals surface area contributed by atoms with Gasteiger partial charge in [0.15, 0.2) is 0 Å². The second-order valence-electron chi connectivity index (χ2n) is 10.5. The van der Waals surface area contributed by atoms with Crippen molar-refractivity contribution in [2.24, 2.45) is 0 Å². The molecule has 1 aromatic heterocycles. The predicted molar refractivity (Wildman–Crippen MR) is 159 cm³/mol. The molecule has 0 bridgehead atoms. The first-order chi connectivity index (χ1) is 21.8. The highest BCUT2D eigenvalue weighted by Gasteiger charge is 2.38. The molecule has 3 N–H and O–H groups in total. The van der Waals surface area contributed by atoms with Crippen molar-refractivity contribution in [1.82, 2.24) is 9.88 Å². The minimum absolute atomic E-state index is 0.0133. The van der Waals surface area contributed by atoms with Crippen molar-refractivity contribution in [3.63, 3.8) is 0 Å². The molecule has 248 valence electrons. The van der Waals surface area contributed by atoms with Crippen LogP contribution in [0.2, 0.25) is 0 Å². The van der Waals surface area contributed by atoms with E-state index in [2.05, 4.69) is 10.3 Å². The van der Waals surface area contributed by atoms with Gasteiger partial charge in [0.25, 0.3) is 0 Å². The molecular weight excluding hydrogens is 614 g/mol. The molecule has 0 unspecified atom stereocenters. The summed E-state index contributed by atoms with van der Waals surface area (Å²) in [4.78, 5) is 39.4. The molecule has 0 radical (unpaired) electrons. The molecule has 46 heavy (non-hydrogen) atoms. The van der Waals surface area contributed by atoms with Crippen LogP contribution in [0.3, 0.4) is 0 Å². The van der Waals surface area contributed by atoms with Gasteiger partial charge in [0, 0.05) is 31.2 Å². The number of anilines is 1. The van der Waals surface area contributed by atoms with E-state index in [-0.39, 0.29) is 30.7 Å². The Morgan fingerprint density at radius 2 is 1.67 bits per heavy atom.